The van der Waals surface area contributed by atoms with Crippen LogP contribution in [-0.4, -0.2) is 53.5 Å². The van der Waals surface area contributed by atoms with Gasteiger partial charge in [-0.3, -0.25) is 4.79 Å². The summed E-state index contributed by atoms with van der Waals surface area (Å²) in [4.78, 5) is 25.2. The van der Waals surface area contributed by atoms with E-state index in [1.54, 1.807) is 0 Å². The summed E-state index contributed by atoms with van der Waals surface area (Å²) in [6.07, 6.45) is 1.52. The molecule has 0 atom stereocenters. The molecular formula is C17H19F2N5O. The Morgan fingerprint density at radius 2 is 1.92 bits per heavy atom. The summed E-state index contributed by atoms with van der Waals surface area (Å²) in [5, 5.41) is 2.51. The molecule has 132 valence electrons. The van der Waals surface area contributed by atoms with E-state index in [1.807, 2.05) is 4.90 Å². The zero-order chi connectivity index (χ0) is 17.8. The largest absolute Gasteiger partial charge is 0.338 e. The lowest BCUT2D eigenvalue weighted by Gasteiger charge is -2.34. The van der Waals surface area contributed by atoms with Crippen molar-refractivity contribution in [3.05, 3.63) is 47.8 Å². The Labute approximate surface area is 144 Å². The van der Waals surface area contributed by atoms with Crippen LogP contribution in [0, 0.1) is 11.6 Å². The summed E-state index contributed by atoms with van der Waals surface area (Å²) in [6.45, 7) is 6.56. The molecule has 1 saturated heterocycles. The van der Waals surface area contributed by atoms with Gasteiger partial charge in [0.2, 0.25) is 5.95 Å². The number of hydrogen-bond donors (Lipinski definition) is 1. The molecule has 3 rings (SSSR count). The zero-order valence-electron chi connectivity index (χ0n) is 13.9. The fourth-order valence-corrected chi connectivity index (χ4v) is 2.66. The van der Waals surface area contributed by atoms with Crippen LogP contribution >= 0.6 is 0 Å². The average molecular weight is 347 g/mol. The first-order valence-corrected chi connectivity index (χ1v) is 8.13. The first-order valence-electron chi connectivity index (χ1n) is 8.13. The molecule has 1 fully saturated rings. The highest BCUT2D eigenvalue weighted by molar-refractivity contribution is 6.02. The van der Waals surface area contributed by atoms with E-state index in [1.165, 1.54) is 18.3 Å². The van der Waals surface area contributed by atoms with Crippen LogP contribution in [0.5, 0.6) is 0 Å². The first-order chi connectivity index (χ1) is 12.1. The van der Waals surface area contributed by atoms with E-state index in [0.717, 1.165) is 44.9 Å². The van der Waals surface area contributed by atoms with Crippen LogP contribution in [0.2, 0.25) is 0 Å². The van der Waals surface area contributed by atoms with Gasteiger partial charge in [-0.25, -0.2) is 18.7 Å². The highest BCUT2D eigenvalue weighted by Gasteiger charge is 2.19. The van der Waals surface area contributed by atoms with Crippen molar-refractivity contribution in [1.29, 1.82) is 0 Å². The predicted molar refractivity (Wildman–Crippen MR) is 90.7 cm³/mol. The highest BCUT2D eigenvalue weighted by atomic mass is 19.2. The lowest BCUT2D eigenvalue weighted by atomic mass is 10.3. The van der Waals surface area contributed by atoms with E-state index < -0.39 is 17.5 Å². The number of halogens is 2. The molecule has 2 heterocycles. The number of benzene rings is 1. The number of hydrogen-bond acceptors (Lipinski definition) is 5. The smallest absolute Gasteiger partial charge is 0.274 e. The molecule has 1 aliphatic rings. The molecule has 1 aliphatic heterocycles. The molecule has 0 aliphatic carbocycles. The third-order valence-corrected chi connectivity index (χ3v) is 4.16. The van der Waals surface area contributed by atoms with Gasteiger partial charge < -0.3 is 15.1 Å². The number of likely N-dealkylation sites (N-methyl/N-ethyl adjacent to an activating group) is 1. The number of amides is 1. The van der Waals surface area contributed by atoms with Crippen molar-refractivity contribution in [2.75, 3.05) is 42.9 Å². The maximum Gasteiger partial charge on any atom is 0.274 e. The number of piperazine rings is 1. The van der Waals surface area contributed by atoms with Gasteiger partial charge in [-0.1, -0.05) is 6.92 Å². The molecular weight excluding hydrogens is 328 g/mol. The minimum Gasteiger partial charge on any atom is -0.338 e. The molecule has 0 radical (unpaired) electrons. The fraction of sp³-hybridized carbons (Fsp3) is 0.353. The van der Waals surface area contributed by atoms with Gasteiger partial charge in [-0.05, 0) is 24.7 Å². The van der Waals surface area contributed by atoms with Crippen molar-refractivity contribution in [2.45, 2.75) is 6.92 Å². The maximum atomic E-state index is 13.2. The predicted octanol–water partition coefficient (Wildman–Crippen LogP) is 2.15. The van der Waals surface area contributed by atoms with E-state index in [9.17, 15) is 13.6 Å². The summed E-state index contributed by atoms with van der Waals surface area (Å²) in [5.41, 5.74) is 0.341. The molecule has 1 amide bonds. The molecule has 1 aromatic heterocycles. The Kier molecular flexibility index (Phi) is 5.18. The monoisotopic (exact) mass is 347 g/mol. The molecule has 0 saturated carbocycles. The van der Waals surface area contributed by atoms with Gasteiger partial charge >= 0.3 is 0 Å². The van der Waals surface area contributed by atoms with Gasteiger partial charge in [0.1, 0.15) is 5.69 Å². The van der Waals surface area contributed by atoms with Crippen LogP contribution in [-0.2, 0) is 0 Å². The standard InChI is InChI=1S/C17H19F2N5O/c1-2-23-7-9-24(10-8-23)17-20-6-5-15(22-17)16(25)21-12-3-4-13(18)14(19)11-12/h3-6,11H,2,7-10H2,1H3,(H,21,25). The lowest BCUT2D eigenvalue weighted by Crippen LogP contribution is -2.46. The van der Waals surface area contributed by atoms with Gasteiger partial charge in [0, 0.05) is 44.1 Å². The number of nitrogens with one attached hydrogen (secondary N) is 1. The van der Waals surface area contributed by atoms with Gasteiger partial charge in [-0.2, -0.15) is 0 Å². The molecule has 25 heavy (non-hydrogen) atoms. The molecule has 8 heteroatoms. The van der Waals surface area contributed by atoms with E-state index in [2.05, 4.69) is 27.1 Å². The average Bonchev–Trinajstić information content (AvgIpc) is 2.65. The van der Waals surface area contributed by atoms with Crippen molar-refractivity contribution >= 4 is 17.5 Å². The van der Waals surface area contributed by atoms with Crippen LogP contribution in [0.1, 0.15) is 17.4 Å². The van der Waals surface area contributed by atoms with Crippen molar-refractivity contribution in [3.8, 4) is 0 Å². The van der Waals surface area contributed by atoms with Crippen LogP contribution in [0.4, 0.5) is 20.4 Å². The number of carbonyl (C=O) groups excluding carboxylic acids is 1. The summed E-state index contributed by atoms with van der Waals surface area (Å²) >= 11 is 0. The Hall–Kier alpha value is -2.61. The number of carbonyl (C=O) groups is 1. The van der Waals surface area contributed by atoms with E-state index in [4.69, 9.17) is 0 Å². The second-order valence-electron chi connectivity index (χ2n) is 5.75. The SMILES string of the molecule is CCN1CCN(c2nccc(C(=O)Nc3ccc(F)c(F)c3)n2)CC1. The topological polar surface area (TPSA) is 61.4 Å². The van der Waals surface area contributed by atoms with E-state index in [-0.39, 0.29) is 11.4 Å². The second kappa shape index (κ2) is 7.52. The fourth-order valence-electron chi connectivity index (χ4n) is 2.66. The number of aromatic nitrogens is 2. The van der Waals surface area contributed by atoms with Crippen molar-refractivity contribution in [3.63, 3.8) is 0 Å². The quantitative estimate of drug-likeness (QED) is 0.918. The van der Waals surface area contributed by atoms with Gasteiger partial charge in [0.15, 0.2) is 11.6 Å². The molecule has 2 aromatic rings. The lowest BCUT2D eigenvalue weighted by molar-refractivity contribution is 0.102. The highest BCUT2D eigenvalue weighted by Crippen LogP contribution is 2.15. The minimum absolute atomic E-state index is 0.167. The van der Waals surface area contributed by atoms with Crippen LogP contribution < -0.4 is 10.2 Å². The van der Waals surface area contributed by atoms with Crippen LogP contribution in [0.3, 0.4) is 0 Å². The van der Waals surface area contributed by atoms with Gasteiger partial charge in [0.05, 0.1) is 0 Å². The Balaban J connectivity index is 1.70. The Morgan fingerprint density at radius 1 is 1.16 bits per heavy atom. The van der Waals surface area contributed by atoms with Gasteiger partial charge in [-0.15, -0.1) is 0 Å². The van der Waals surface area contributed by atoms with Crippen LogP contribution in [0.25, 0.3) is 0 Å². The third kappa shape index (κ3) is 4.08. The molecule has 0 spiro atoms. The summed E-state index contributed by atoms with van der Waals surface area (Å²) in [6, 6.07) is 4.67. The second-order valence-corrected chi connectivity index (χ2v) is 5.75. The summed E-state index contributed by atoms with van der Waals surface area (Å²) in [7, 11) is 0. The van der Waals surface area contributed by atoms with E-state index >= 15 is 0 Å². The van der Waals surface area contributed by atoms with Gasteiger partial charge in [0.25, 0.3) is 5.91 Å². The van der Waals surface area contributed by atoms with Crippen molar-refractivity contribution in [2.24, 2.45) is 0 Å². The molecule has 0 bridgehead atoms. The number of nitrogens with zero attached hydrogens (tertiary/aromatic N) is 4. The normalized spacial score (nSPS) is 15.2. The van der Waals surface area contributed by atoms with Crippen molar-refractivity contribution in [1.82, 2.24) is 14.9 Å². The first kappa shape index (κ1) is 17.2. The molecule has 6 nitrogen and oxygen atoms in total. The van der Waals surface area contributed by atoms with Crippen molar-refractivity contribution < 1.29 is 13.6 Å². The summed E-state index contributed by atoms with van der Waals surface area (Å²) < 4.78 is 26.2. The van der Waals surface area contributed by atoms with E-state index in [0.29, 0.717) is 5.95 Å². The summed E-state index contributed by atoms with van der Waals surface area (Å²) in [5.74, 6) is -1.99. The number of anilines is 2. The minimum atomic E-state index is -1.02. The maximum absolute atomic E-state index is 13.2. The number of rotatable bonds is 4. The zero-order valence-corrected chi connectivity index (χ0v) is 13.9. The Morgan fingerprint density at radius 3 is 2.60 bits per heavy atom. The molecule has 0 unspecified atom stereocenters. The Bertz CT molecular complexity index is 762. The third-order valence-electron chi connectivity index (χ3n) is 4.16. The van der Waals surface area contributed by atoms with Crippen LogP contribution in [0.15, 0.2) is 30.5 Å². The molecule has 1 aromatic carbocycles. The molecule has 1 N–H and O–H groups in total.